The number of aliphatic carboxylic acids is 1. The third-order valence-corrected chi connectivity index (χ3v) is 4.35. The van der Waals surface area contributed by atoms with E-state index in [4.69, 9.17) is 10.5 Å². The summed E-state index contributed by atoms with van der Waals surface area (Å²) in [5, 5.41) is 11.7. The van der Waals surface area contributed by atoms with Gasteiger partial charge in [-0.3, -0.25) is 34.3 Å². The molecule has 2 aromatic heterocycles. The van der Waals surface area contributed by atoms with E-state index < -0.39 is 54.7 Å². The van der Waals surface area contributed by atoms with E-state index in [0.29, 0.717) is 0 Å². The van der Waals surface area contributed by atoms with E-state index in [1.807, 2.05) is 0 Å². The summed E-state index contributed by atoms with van der Waals surface area (Å²) in [6.07, 6.45) is 1.19. The number of imidazole rings is 1. The molecule has 34 heavy (non-hydrogen) atoms. The van der Waals surface area contributed by atoms with Crippen molar-refractivity contribution in [1.29, 1.82) is 0 Å². The summed E-state index contributed by atoms with van der Waals surface area (Å²) in [7, 11) is 0. The van der Waals surface area contributed by atoms with Crippen molar-refractivity contribution in [1.82, 2.24) is 24.4 Å². The molecule has 1 unspecified atom stereocenters. The Bertz CT molecular complexity index is 1150. The molecular weight excluding hydrogens is 450 g/mol. The SMILES string of the molecule is CC(C)C(=O)Nc1nc2c(ncn2CC(=O)N(CC(=O)O)CC(N)C(=O)OC(C)(C)C)c(=O)[nH]1. The van der Waals surface area contributed by atoms with E-state index >= 15 is 0 Å². The van der Waals surface area contributed by atoms with Crippen molar-refractivity contribution in [2.24, 2.45) is 11.7 Å². The number of rotatable bonds is 9. The molecule has 14 nitrogen and oxygen atoms in total. The lowest BCUT2D eigenvalue weighted by molar-refractivity contribution is -0.158. The third-order valence-electron chi connectivity index (χ3n) is 4.35. The van der Waals surface area contributed by atoms with Gasteiger partial charge in [-0.1, -0.05) is 13.8 Å². The predicted molar refractivity (Wildman–Crippen MR) is 120 cm³/mol. The van der Waals surface area contributed by atoms with Crippen LogP contribution in [0.2, 0.25) is 0 Å². The first-order valence-electron chi connectivity index (χ1n) is 10.4. The zero-order valence-electron chi connectivity index (χ0n) is 19.6. The molecule has 0 aliphatic heterocycles. The lowest BCUT2D eigenvalue weighted by atomic mass is 10.2. The topological polar surface area (TPSA) is 203 Å². The van der Waals surface area contributed by atoms with Crippen LogP contribution in [-0.2, 0) is 30.5 Å². The van der Waals surface area contributed by atoms with Gasteiger partial charge in [0.15, 0.2) is 11.2 Å². The van der Waals surface area contributed by atoms with Gasteiger partial charge in [-0.2, -0.15) is 4.98 Å². The molecule has 1 atom stereocenters. The standard InChI is InChI=1S/C20H29N7O7/c1-10(2)16(31)24-19-23-15-14(17(32)25-19)22-9-27(15)7-12(28)26(8-13(29)30)6-11(21)18(33)34-20(3,4)5/h9-11H,6-8,21H2,1-5H3,(H,29,30)(H2,23,24,25,31,32). The maximum absolute atomic E-state index is 12.9. The van der Waals surface area contributed by atoms with Gasteiger partial charge in [0.25, 0.3) is 5.56 Å². The summed E-state index contributed by atoms with van der Waals surface area (Å²) < 4.78 is 6.40. The molecule has 0 saturated heterocycles. The largest absolute Gasteiger partial charge is 0.480 e. The van der Waals surface area contributed by atoms with Gasteiger partial charge in [-0.25, -0.2) is 4.98 Å². The summed E-state index contributed by atoms with van der Waals surface area (Å²) in [5.41, 5.74) is 4.31. The highest BCUT2D eigenvalue weighted by Crippen LogP contribution is 2.11. The van der Waals surface area contributed by atoms with Crippen molar-refractivity contribution in [3.63, 3.8) is 0 Å². The molecular formula is C20H29N7O7. The lowest BCUT2D eigenvalue weighted by Crippen LogP contribution is -2.49. The molecule has 0 aliphatic rings. The number of hydrogen-bond acceptors (Lipinski definition) is 9. The van der Waals surface area contributed by atoms with Gasteiger partial charge in [-0.05, 0) is 20.8 Å². The molecule has 0 saturated carbocycles. The fourth-order valence-corrected chi connectivity index (χ4v) is 2.74. The summed E-state index contributed by atoms with van der Waals surface area (Å²) >= 11 is 0. The van der Waals surface area contributed by atoms with Gasteiger partial charge in [-0.15, -0.1) is 0 Å². The van der Waals surface area contributed by atoms with E-state index in [2.05, 4.69) is 20.3 Å². The zero-order valence-corrected chi connectivity index (χ0v) is 19.6. The van der Waals surface area contributed by atoms with E-state index in [9.17, 15) is 29.1 Å². The van der Waals surface area contributed by atoms with Crippen molar-refractivity contribution >= 4 is 40.9 Å². The van der Waals surface area contributed by atoms with Gasteiger partial charge in [0.2, 0.25) is 17.8 Å². The van der Waals surface area contributed by atoms with Gasteiger partial charge < -0.3 is 25.0 Å². The third kappa shape index (κ3) is 7.10. The molecule has 2 amide bonds. The fraction of sp³-hybridized carbons (Fsp3) is 0.550. The number of nitrogens with two attached hydrogens (primary N) is 1. The van der Waals surface area contributed by atoms with Crippen LogP contribution in [0, 0.1) is 5.92 Å². The quantitative estimate of drug-likeness (QED) is 0.333. The number of carboxylic acid groups (broad SMARTS) is 1. The van der Waals surface area contributed by atoms with Crippen molar-refractivity contribution < 1.29 is 29.0 Å². The Morgan fingerprint density at radius 2 is 1.94 bits per heavy atom. The number of aromatic amines is 1. The van der Waals surface area contributed by atoms with Crippen LogP contribution in [0.4, 0.5) is 5.95 Å². The first kappa shape index (κ1) is 26.4. The van der Waals surface area contributed by atoms with Crippen LogP contribution in [-0.4, -0.2) is 78.0 Å². The van der Waals surface area contributed by atoms with Crippen LogP contribution in [0.1, 0.15) is 34.6 Å². The fourth-order valence-electron chi connectivity index (χ4n) is 2.74. The number of esters is 1. The van der Waals surface area contributed by atoms with Crippen molar-refractivity contribution in [2.75, 3.05) is 18.4 Å². The van der Waals surface area contributed by atoms with Crippen LogP contribution < -0.4 is 16.6 Å². The number of nitrogens with zero attached hydrogens (tertiary/aromatic N) is 4. The minimum Gasteiger partial charge on any atom is -0.480 e. The highest BCUT2D eigenvalue weighted by atomic mass is 16.6. The van der Waals surface area contributed by atoms with E-state index in [-0.39, 0.29) is 28.9 Å². The number of amides is 2. The van der Waals surface area contributed by atoms with Gasteiger partial charge in [0.1, 0.15) is 24.7 Å². The maximum atomic E-state index is 12.9. The number of hydrogen-bond donors (Lipinski definition) is 4. The number of carbonyl (C=O) groups is 4. The highest BCUT2D eigenvalue weighted by molar-refractivity contribution is 5.91. The average Bonchev–Trinajstić information content (AvgIpc) is 3.08. The highest BCUT2D eigenvalue weighted by Gasteiger charge is 2.27. The number of H-pyrrole nitrogens is 1. The smallest absolute Gasteiger partial charge is 0.325 e. The molecule has 0 bridgehead atoms. The predicted octanol–water partition coefficient (Wildman–Crippen LogP) is -0.704. The van der Waals surface area contributed by atoms with Crippen LogP contribution in [0.3, 0.4) is 0 Å². The van der Waals surface area contributed by atoms with Crippen LogP contribution >= 0.6 is 0 Å². The Labute approximate surface area is 194 Å². The first-order chi connectivity index (χ1) is 15.7. The van der Waals surface area contributed by atoms with Crippen molar-refractivity contribution in [3.8, 4) is 0 Å². The average molecular weight is 479 g/mol. The summed E-state index contributed by atoms with van der Waals surface area (Å²) in [5.74, 6) is -3.69. The summed E-state index contributed by atoms with van der Waals surface area (Å²) in [6, 6.07) is -1.28. The van der Waals surface area contributed by atoms with Crippen molar-refractivity contribution in [2.45, 2.75) is 52.8 Å². The summed E-state index contributed by atoms with van der Waals surface area (Å²) in [6.45, 7) is 6.69. The Kier molecular flexibility index (Phi) is 8.10. The number of nitrogens with one attached hydrogen (secondary N) is 2. The van der Waals surface area contributed by atoms with Crippen LogP contribution in [0.25, 0.3) is 11.2 Å². The molecule has 2 heterocycles. The molecule has 0 spiro atoms. The molecule has 14 heteroatoms. The number of aromatic nitrogens is 4. The molecule has 0 aliphatic carbocycles. The molecule has 0 radical (unpaired) electrons. The second-order valence-electron chi connectivity index (χ2n) is 8.91. The molecule has 2 rings (SSSR count). The Balaban J connectivity index is 2.27. The minimum atomic E-state index is -1.31. The maximum Gasteiger partial charge on any atom is 0.325 e. The number of anilines is 1. The number of fused-ring (bicyclic) bond motifs is 1. The molecule has 2 aromatic rings. The van der Waals surface area contributed by atoms with Crippen LogP contribution in [0.15, 0.2) is 11.1 Å². The summed E-state index contributed by atoms with van der Waals surface area (Å²) in [4.78, 5) is 72.0. The van der Waals surface area contributed by atoms with Gasteiger partial charge >= 0.3 is 11.9 Å². The van der Waals surface area contributed by atoms with Crippen LogP contribution in [0.5, 0.6) is 0 Å². The van der Waals surface area contributed by atoms with E-state index in [1.54, 1.807) is 34.6 Å². The Hall–Kier alpha value is -3.81. The number of carboxylic acids is 1. The molecule has 5 N–H and O–H groups in total. The second kappa shape index (κ2) is 10.4. The van der Waals surface area contributed by atoms with Crippen molar-refractivity contribution in [3.05, 3.63) is 16.7 Å². The first-order valence-corrected chi connectivity index (χ1v) is 10.4. The normalized spacial score (nSPS) is 12.4. The van der Waals surface area contributed by atoms with E-state index in [1.165, 1.54) is 10.9 Å². The lowest BCUT2D eigenvalue weighted by Gasteiger charge is -2.26. The minimum absolute atomic E-state index is 0.00266. The van der Waals surface area contributed by atoms with Gasteiger partial charge in [0, 0.05) is 12.5 Å². The molecule has 0 fully saturated rings. The monoisotopic (exact) mass is 479 g/mol. The van der Waals surface area contributed by atoms with E-state index in [0.717, 1.165) is 4.90 Å². The zero-order chi connectivity index (χ0) is 25.8. The number of carbonyl (C=O) groups excluding carboxylic acids is 3. The number of ether oxygens (including phenoxy) is 1. The molecule has 186 valence electrons. The molecule has 0 aromatic carbocycles. The Morgan fingerprint density at radius 3 is 2.50 bits per heavy atom. The second-order valence-corrected chi connectivity index (χ2v) is 8.91. The van der Waals surface area contributed by atoms with Gasteiger partial charge in [0.05, 0.1) is 6.33 Å². The Morgan fingerprint density at radius 1 is 1.29 bits per heavy atom.